The summed E-state index contributed by atoms with van der Waals surface area (Å²) < 4.78 is 7.03. The summed E-state index contributed by atoms with van der Waals surface area (Å²) >= 11 is 0. The van der Waals surface area contributed by atoms with Gasteiger partial charge in [0.2, 0.25) is 0 Å². The second kappa shape index (κ2) is 11.2. The lowest BCUT2D eigenvalue weighted by Crippen LogP contribution is -2.48. The molecule has 3 aromatic rings. The van der Waals surface area contributed by atoms with Crippen molar-refractivity contribution in [2.24, 2.45) is 7.05 Å². The van der Waals surface area contributed by atoms with Crippen molar-refractivity contribution in [3.63, 3.8) is 0 Å². The Morgan fingerprint density at radius 1 is 0.925 bits per heavy atom. The number of hydrogen-bond acceptors (Lipinski definition) is 6. The van der Waals surface area contributed by atoms with Crippen LogP contribution in [-0.4, -0.2) is 50.0 Å². The molecule has 0 radical (unpaired) electrons. The highest BCUT2D eigenvalue weighted by Crippen LogP contribution is 2.36. The van der Waals surface area contributed by atoms with Crippen LogP contribution in [0.3, 0.4) is 0 Å². The SMILES string of the molecule is CCCC1=C(C(=O)OCC)C(c2cn(C)nc2CN2C(=O)c3ccccc3C2=O)NC(=O)N1Cc1ccccc1. The highest BCUT2D eigenvalue weighted by molar-refractivity contribution is 6.21. The number of imide groups is 1. The first-order valence-electron chi connectivity index (χ1n) is 13.3. The van der Waals surface area contributed by atoms with Crippen LogP contribution < -0.4 is 5.32 Å². The maximum atomic E-state index is 13.6. The molecule has 5 rings (SSSR count). The molecule has 0 saturated heterocycles. The first-order valence-corrected chi connectivity index (χ1v) is 13.3. The average molecular weight is 542 g/mol. The second-order valence-corrected chi connectivity index (χ2v) is 9.73. The van der Waals surface area contributed by atoms with Gasteiger partial charge in [0.15, 0.2) is 0 Å². The average Bonchev–Trinajstić information content (AvgIpc) is 3.43. The van der Waals surface area contributed by atoms with Crippen molar-refractivity contribution in [3.05, 3.63) is 100 Å². The van der Waals surface area contributed by atoms with Crippen LogP contribution in [0.15, 0.2) is 72.1 Å². The maximum absolute atomic E-state index is 13.6. The summed E-state index contributed by atoms with van der Waals surface area (Å²) in [5.41, 5.74) is 3.40. The molecule has 1 atom stereocenters. The highest BCUT2D eigenvalue weighted by atomic mass is 16.5. The van der Waals surface area contributed by atoms with E-state index >= 15 is 0 Å². The third-order valence-corrected chi connectivity index (χ3v) is 7.04. The fourth-order valence-corrected chi connectivity index (χ4v) is 5.27. The number of hydrogen-bond donors (Lipinski definition) is 1. The van der Waals surface area contributed by atoms with Gasteiger partial charge in [-0.1, -0.05) is 55.8 Å². The van der Waals surface area contributed by atoms with Gasteiger partial charge in [0.1, 0.15) is 0 Å². The van der Waals surface area contributed by atoms with E-state index in [1.54, 1.807) is 54.0 Å². The molecule has 1 N–H and O–H groups in total. The van der Waals surface area contributed by atoms with Crippen molar-refractivity contribution in [1.29, 1.82) is 0 Å². The first-order chi connectivity index (χ1) is 19.3. The Morgan fingerprint density at radius 2 is 1.57 bits per heavy atom. The van der Waals surface area contributed by atoms with Gasteiger partial charge in [0, 0.05) is 24.5 Å². The molecule has 206 valence electrons. The predicted octanol–water partition coefficient (Wildman–Crippen LogP) is 4.10. The standard InChI is InChI=1S/C30H31N5O5/c1-4-11-24-25(29(38)40-5-2)26(31-30(39)34(24)16-19-12-7-6-8-13-19)22-17-33(3)32-23(22)18-35-27(36)20-14-9-10-15-21(20)28(35)37/h6-10,12-15,17,26H,4-5,11,16,18H2,1-3H3,(H,31,39). The molecular formula is C30H31N5O5. The molecule has 3 heterocycles. The third kappa shape index (κ3) is 4.88. The monoisotopic (exact) mass is 541 g/mol. The van der Waals surface area contributed by atoms with Crippen molar-refractivity contribution in [1.82, 2.24) is 24.9 Å². The van der Waals surface area contributed by atoms with Gasteiger partial charge in [-0.05, 0) is 31.0 Å². The minimum Gasteiger partial charge on any atom is -0.463 e. The number of rotatable bonds is 9. The number of benzene rings is 2. The Labute approximate surface area is 232 Å². The van der Waals surface area contributed by atoms with Crippen LogP contribution in [0.2, 0.25) is 0 Å². The van der Waals surface area contributed by atoms with E-state index in [1.165, 1.54) is 0 Å². The molecule has 0 bridgehead atoms. The van der Waals surface area contributed by atoms with Crippen LogP contribution in [0.5, 0.6) is 0 Å². The summed E-state index contributed by atoms with van der Waals surface area (Å²) in [7, 11) is 1.71. The van der Waals surface area contributed by atoms with Gasteiger partial charge in [0.05, 0.1) is 48.1 Å². The van der Waals surface area contributed by atoms with Crippen molar-refractivity contribution < 1.29 is 23.9 Å². The minimum absolute atomic E-state index is 0.109. The van der Waals surface area contributed by atoms with Crippen LogP contribution in [-0.2, 0) is 29.7 Å². The summed E-state index contributed by atoms with van der Waals surface area (Å²) in [6.07, 6.45) is 2.87. The highest BCUT2D eigenvalue weighted by Gasteiger charge is 2.41. The molecule has 2 aliphatic heterocycles. The molecule has 1 unspecified atom stereocenters. The number of carbonyl (C=O) groups is 4. The number of urea groups is 1. The second-order valence-electron chi connectivity index (χ2n) is 9.73. The lowest BCUT2D eigenvalue weighted by molar-refractivity contribution is -0.139. The number of esters is 1. The molecule has 4 amide bonds. The number of aromatic nitrogens is 2. The predicted molar refractivity (Wildman–Crippen MR) is 146 cm³/mol. The lowest BCUT2D eigenvalue weighted by Gasteiger charge is -2.36. The molecule has 0 spiro atoms. The van der Waals surface area contributed by atoms with E-state index in [4.69, 9.17) is 4.74 Å². The zero-order valence-electron chi connectivity index (χ0n) is 22.7. The zero-order valence-corrected chi connectivity index (χ0v) is 22.7. The van der Waals surface area contributed by atoms with Gasteiger partial charge in [-0.15, -0.1) is 0 Å². The van der Waals surface area contributed by atoms with E-state index in [1.807, 2.05) is 37.3 Å². The summed E-state index contributed by atoms with van der Waals surface area (Å²) in [6.45, 7) is 4.05. The van der Waals surface area contributed by atoms with Crippen molar-refractivity contribution in [2.45, 2.75) is 45.8 Å². The summed E-state index contributed by atoms with van der Waals surface area (Å²) in [5.74, 6) is -1.36. The molecular weight excluding hydrogens is 510 g/mol. The molecule has 2 aromatic carbocycles. The Kier molecular flexibility index (Phi) is 7.50. The molecule has 2 aliphatic rings. The molecule has 10 nitrogen and oxygen atoms in total. The third-order valence-electron chi connectivity index (χ3n) is 7.04. The van der Waals surface area contributed by atoms with Crippen LogP contribution in [0.4, 0.5) is 4.79 Å². The van der Waals surface area contributed by atoms with Gasteiger partial charge in [-0.3, -0.25) is 24.1 Å². The number of carbonyl (C=O) groups excluding carboxylic acids is 4. The molecule has 0 saturated carbocycles. The normalized spacial score (nSPS) is 16.9. The number of allylic oxidation sites excluding steroid dienone is 1. The Balaban J connectivity index is 1.57. The van der Waals surface area contributed by atoms with Gasteiger partial charge < -0.3 is 10.1 Å². The number of amides is 4. The molecule has 0 aliphatic carbocycles. The number of aryl methyl sites for hydroxylation is 1. The molecule has 40 heavy (non-hydrogen) atoms. The van der Waals surface area contributed by atoms with E-state index in [0.717, 1.165) is 10.5 Å². The minimum atomic E-state index is -0.876. The smallest absolute Gasteiger partial charge is 0.338 e. The van der Waals surface area contributed by atoms with Crippen molar-refractivity contribution in [2.75, 3.05) is 6.61 Å². The summed E-state index contributed by atoms with van der Waals surface area (Å²) in [5, 5.41) is 7.52. The van der Waals surface area contributed by atoms with Crippen molar-refractivity contribution >= 4 is 23.8 Å². The van der Waals surface area contributed by atoms with Gasteiger partial charge >= 0.3 is 12.0 Å². The lowest BCUT2D eigenvalue weighted by atomic mass is 9.92. The van der Waals surface area contributed by atoms with Gasteiger partial charge in [-0.2, -0.15) is 5.10 Å². The fourth-order valence-electron chi connectivity index (χ4n) is 5.27. The fraction of sp³-hybridized carbons (Fsp3) is 0.300. The number of ether oxygens (including phenoxy) is 1. The number of nitrogens with zero attached hydrogens (tertiary/aromatic N) is 4. The molecule has 10 heteroatoms. The van der Waals surface area contributed by atoms with Gasteiger partial charge in [0.25, 0.3) is 11.8 Å². The quantitative estimate of drug-likeness (QED) is 0.322. The molecule has 0 fully saturated rings. The van der Waals surface area contributed by atoms with E-state index in [-0.39, 0.29) is 25.7 Å². The van der Waals surface area contributed by atoms with E-state index in [2.05, 4.69) is 10.4 Å². The van der Waals surface area contributed by atoms with E-state index in [0.29, 0.717) is 46.5 Å². The first kappa shape index (κ1) is 26.9. The van der Waals surface area contributed by atoms with Crippen LogP contribution in [0.1, 0.15) is 70.3 Å². The number of fused-ring (bicyclic) bond motifs is 1. The number of nitrogens with one attached hydrogen (secondary N) is 1. The Morgan fingerprint density at radius 3 is 2.20 bits per heavy atom. The van der Waals surface area contributed by atoms with Crippen LogP contribution in [0.25, 0.3) is 0 Å². The van der Waals surface area contributed by atoms with Crippen molar-refractivity contribution in [3.8, 4) is 0 Å². The Hall–Kier alpha value is -4.73. The van der Waals surface area contributed by atoms with Crippen LogP contribution >= 0.6 is 0 Å². The zero-order chi connectivity index (χ0) is 28.4. The van der Waals surface area contributed by atoms with E-state index in [9.17, 15) is 19.2 Å². The largest absolute Gasteiger partial charge is 0.463 e. The maximum Gasteiger partial charge on any atom is 0.338 e. The summed E-state index contributed by atoms with van der Waals surface area (Å²) in [6, 6.07) is 15.0. The molecule has 1 aromatic heterocycles. The topological polar surface area (TPSA) is 114 Å². The van der Waals surface area contributed by atoms with Gasteiger partial charge in [-0.25, -0.2) is 9.59 Å². The summed E-state index contributed by atoms with van der Waals surface area (Å²) in [4.78, 5) is 56.0. The van der Waals surface area contributed by atoms with Crippen LogP contribution in [0, 0.1) is 0 Å². The van der Waals surface area contributed by atoms with E-state index < -0.39 is 23.8 Å². The Bertz CT molecular complexity index is 1470.